The molecule has 1 aromatic rings. The fourth-order valence-electron chi connectivity index (χ4n) is 3.41. The van der Waals surface area contributed by atoms with Gasteiger partial charge in [-0.25, -0.2) is 0 Å². The lowest BCUT2D eigenvalue weighted by atomic mass is 9.70. The number of hydrogen-bond acceptors (Lipinski definition) is 1. The Hall–Kier alpha value is -0.820. The molecule has 1 heteroatoms. The van der Waals surface area contributed by atoms with Crippen LogP contribution in [0.4, 0.5) is 0 Å². The highest BCUT2D eigenvalue weighted by molar-refractivity contribution is 5.15. The second-order valence-corrected chi connectivity index (χ2v) is 6.61. The predicted molar refractivity (Wildman–Crippen MR) is 83.1 cm³/mol. The van der Waals surface area contributed by atoms with Crippen LogP contribution in [0.1, 0.15) is 58.4 Å². The van der Waals surface area contributed by atoms with Crippen LogP contribution in [0.3, 0.4) is 0 Å². The van der Waals surface area contributed by atoms with Gasteiger partial charge in [0.2, 0.25) is 0 Å². The van der Waals surface area contributed by atoms with Crippen LogP contribution in [-0.2, 0) is 6.54 Å². The first-order chi connectivity index (χ1) is 9.13. The molecule has 0 saturated heterocycles. The molecule has 0 aromatic heterocycles. The third kappa shape index (κ3) is 3.60. The van der Waals surface area contributed by atoms with Crippen molar-refractivity contribution < 1.29 is 0 Å². The predicted octanol–water partition coefficient (Wildman–Crippen LogP) is 4.77. The summed E-state index contributed by atoms with van der Waals surface area (Å²) in [7, 11) is 0. The Morgan fingerprint density at radius 1 is 1.11 bits per heavy atom. The number of benzene rings is 1. The zero-order valence-electron chi connectivity index (χ0n) is 12.8. The van der Waals surface area contributed by atoms with Crippen LogP contribution in [0.5, 0.6) is 0 Å². The second kappa shape index (κ2) is 6.56. The Bertz CT molecular complexity index is 365. The van der Waals surface area contributed by atoms with Gasteiger partial charge < -0.3 is 5.32 Å². The minimum Gasteiger partial charge on any atom is -0.307 e. The number of hydrogen-bond donors (Lipinski definition) is 1. The quantitative estimate of drug-likeness (QED) is 0.803. The number of nitrogens with one attached hydrogen (secondary N) is 1. The molecule has 1 fully saturated rings. The lowest BCUT2D eigenvalue weighted by Crippen LogP contribution is -2.53. The summed E-state index contributed by atoms with van der Waals surface area (Å²) in [5.74, 6) is 1.52. The van der Waals surface area contributed by atoms with E-state index >= 15 is 0 Å². The molecule has 0 unspecified atom stereocenters. The summed E-state index contributed by atoms with van der Waals surface area (Å²) in [4.78, 5) is 0. The molecule has 106 valence electrons. The first-order valence-electron chi connectivity index (χ1n) is 7.92. The van der Waals surface area contributed by atoms with Crippen molar-refractivity contribution in [1.82, 2.24) is 5.32 Å². The molecule has 0 radical (unpaired) electrons. The van der Waals surface area contributed by atoms with E-state index in [0.717, 1.165) is 12.5 Å². The minimum absolute atomic E-state index is 0.274. The maximum atomic E-state index is 3.88. The zero-order chi connectivity index (χ0) is 13.7. The smallest absolute Gasteiger partial charge is 0.0210 e. The van der Waals surface area contributed by atoms with E-state index in [1.807, 2.05) is 0 Å². The largest absolute Gasteiger partial charge is 0.307 e. The molecular weight excluding hydrogens is 230 g/mol. The Kier molecular flexibility index (Phi) is 5.04. The van der Waals surface area contributed by atoms with Gasteiger partial charge >= 0.3 is 0 Å². The summed E-state index contributed by atoms with van der Waals surface area (Å²) in [6.45, 7) is 8.17. The summed E-state index contributed by atoms with van der Waals surface area (Å²) in [5, 5.41) is 3.88. The summed E-state index contributed by atoms with van der Waals surface area (Å²) in [6.07, 6.45) is 7.07. The Labute approximate surface area is 118 Å². The molecule has 2 rings (SSSR count). The van der Waals surface area contributed by atoms with Crippen LogP contribution in [0.2, 0.25) is 0 Å². The van der Waals surface area contributed by atoms with Crippen LogP contribution in [-0.4, -0.2) is 5.54 Å². The molecule has 0 bridgehead atoms. The van der Waals surface area contributed by atoms with Crippen molar-refractivity contribution in [3.05, 3.63) is 35.9 Å². The monoisotopic (exact) mass is 259 g/mol. The molecule has 0 spiro atoms. The van der Waals surface area contributed by atoms with Crippen molar-refractivity contribution in [1.29, 1.82) is 0 Å². The first kappa shape index (κ1) is 14.6. The van der Waals surface area contributed by atoms with E-state index in [1.165, 1.54) is 37.7 Å². The van der Waals surface area contributed by atoms with E-state index in [2.05, 4.69) is 56.4 Å². The van der Waals surface area contributed by atoms with Crippen molar-refractivity contribution in [2.45, 2.75) is 65.0 Å². The van der Waals surface area contributed by atoms with Gasteiger partial charge in [-0.2, -0.15) is 0 Å². The van der Waals surface area contributed by atoms with E-state index in [9.17, 15) is 0 Å². The fraction of sp³-hybridized carbons (Fsp3) is 0.667. The van der Waals surface area contributed by atoms with Crippen LogP contribution >= 0.6 is 0 Å². The maximum Gasteiger partial charge on any atom is 0.0210 e. The molecular formula is C18H29N. The SMILES string of the molecule is CC(C)[C@@](C)(NCc1ccccc1)C1CCCCC1. The Morgan fingerprint density at radius 3 is 2.32 bits per heavy atom. The van der Waals surface area contributed by atoms with E-state index in [-0.39, 0.29) is 5.54 Å². The third-order valence-corrected chi connectivity index (χ3v) is 5.17. The highest BCUT2D eigenvalue weighted by Gasteiger charge is 2.36. The van der Waals surface area contributed by atoms with Gasteiger partial charge in [0, 0.05) is 12.1 Å². The summed E-state index contributed by atoms with van der Waals surface area (Å²) < 4.78 is 0. The van der Waals surface area contributed by atoms with Gasteiger partial charge in [0.25, 0.3) is 0 Å². The van der Waals surface area contributed by atoms with Gasteiger partial charge in [-0.15, -0.1) is 0 Å². The van der Waals surface area contributed by atoms with Crippen molar-refractivity contribution in [2.75, 3.05) is 0 Å². The van der Waals surface area contributed by atoms with Crippen LogP contribution in [0, 0.1) is 11.8 Å². The molecule has 1 saturated carbocycles. The van der Waals surface area contributed by atoms with Gasteiger partial charge in [-0.05, 0) is 37.2 Å². The van der Waals surface area contributed by atoms with Crippen LogP contribution in [0.15, 0.2) is 30.3 Å². The van der Waals surface area contributed by atoms with Crippen LogP contribution in [0.25, 0.3) is 0 Å². The third-order valence-electron chi connectivity index (χ3n) is 5.17. The van der Waals surface area contributed by atoms with Gasteiger partial charge in [0.15, 0.2) is 0 Å². The van der Waals surface area contributed by atoms with E-state index in [1.54, 1.807) is 0 Å². The molecule has 1 aliphatic carbocycles. The normalized spacial score (nSPS) is 20.4. The lowest BCUT2D eigenvalue weighted by Gasteiger charge is -2.44. The van der Waals surface area contributed by atoms with Gasteiger partial charge in [-0.1, -0.05) is 63.4 Å². The van der Waals surface area contributed by atoms with Gasteiger partial charge in [0.05, 0.1) is 0 Å². The van der Waals surface area contributed by atoms with E-state index < -0.39 is 0 Å². The number of rotatable bonds is 5. The molecule has 1 aliphatic rings. The molecule has 1 atom stereocenters. The fourth-order valence-corrected chi connectivity index (χ4v) is 3.41. The molecule has 0 amide bonds. The molecule has 1 nitrogen and oxygen atoms in total. The summed E-state index contributed by atoms with van der Waals surface area (Å²) in [5.41, 5.74) is 1.67. The Morgan fingerprint density at radius 2 is 1.74 bits per heavy atom. The first-order valence-corrected chi connectivity index (χ1v) is 7.92. The zero-order valence-corrected chi connectivity index (χ0v) is 12.8. The molecule has 1 N–H and O–H groups in total. The Balaban J connectivity index is 2.02. The van der Waals surface area contributed by atoms with E-state index in [4.69, 9.17) is 0 Å². The highest BCUT2D eigenvalue weighted by Crippen LogP contribution is 2.37. The summed E-state index contributed by atoms with van der Waals surface area (Å²) in [6, 6.07) is 10.8. The van der Waals surface area contributed by atoms with Crippen LogP contribution < -0.4 is 5.32 Å². The second-order valence-electron chi connectivity index (χ2n) is 6.61. The highest BCUT2D eigenvalue weighted by atomic mass is 15.0. The van der Waals surface area contributed by atoms with Crippen molar-refractivity contribution in [3.8, 4) is 0 Å². The average molecular weight is 259 g/mol. The maximum absolute atomic E-state index is 3.88. The van der Waals surface area contributed by atoms with E-state index in [0.29, 0.717) is 5.92 Å². The lowest BCUT2D eigenvalue weighted by molar-refractivity contribution is 0.124. The van der Waals surface area contributed by atoms with Crippen molar-refractivity contribution in [2.24, 2.45) is 11.8 Å². The standard InChI is InChI=1S/C18H29N/c1-15(2)18(3,17-12-8-5-9-13-17)19-14-16-10-6-4-7-11-16/h4,6-7,10-11,15,17,19H,5,8-9,12-14H2,1-3H3/t18-/m1/s1. The van der Waals surface area contributed by atoms with Gasteiger partial charge in [0.1, 0.15) is 0 Å². The summed E-state index contributed by atoms with van der Waals surface area (Å²) >= 11 is 0. The topological polar surface area (TPSA) is 12.0 Å². The average Bonchev–Trinajstić information content (AvgIpc) is 2.46. The molecule has 1 aromatic carbocycles. The van der Waals surface area contributed by atoms with Crippen molar-refractivity contribution >= 4 is 0 Å². The molecule has 0 aliphatic heterocycles. The van der Waals surface area contributed by atoms with Gasteiger partial charge in [-0.3, -0.25) is 0 Å². The van der Waals surface area contributed by atoms with Crippen molar-refractivity contribution in [3.63, 3.8) is 0 Å². The molecule has 0 heterocycles. The minimum atomic E-state index is 0.274. The molecule has 19 heavy (non-hydrogen) atoms.